The van der Waals surface area contributed by atoms with Crippen LogP contribution in [0.5, 0.6) is 0 Å². The highest BCUT2D eigenvalue weighted by atomic mass is 32.2. The number of hydrogen-bond donors (Lipinski definition) is 1. The maximum atomic E-state index is 12.6. The van der Waals surface area contributed by atoms with Crippen molar-refractivity contribution in [3.8, 4) is 0 Å². The Kier molecular flexibility index (Phi) is 7.91. The summed E-state index contributed by atoms with van der Waals surface area (Å²) in [5, 5.41) is 7.15. The molecule has 1 atom stereocenters. The molecule has 1 unspecified atom stereocenters. The van der Waals surface area contributed by atoms with Crippen molar-refractivity contribution in [2.75, 3.05) is 59.4 Å². The van der Waals surface area contributed by atoms with Gasteiger partial charge in [0.25, 0.3) is 0 Å². The lowest BCUT2D eigenvalue weighted by atomic mass is 10.0. The van der Waals surface area contributed by atoms with Crippen molar-refractivity contribution in [1.82, 2.24) is 24.6 Å². The van der Waals surface area contributed by atoms with E-state index in [-0.39, 0.29) is 5.75 Å². The molecule has 0 saturated carbocycles. The molecule has 10 heteroatoms. The fourth-order valence-electron chi connectivity index (χ4n) is 4.09. The normalized spacial score (nSPS) is 22.8. The molecule has 2 aliphatic heterocycles. The Hall–Kier alpha value is -1.65. The SMILES string of the molecule is CN=C(NCCCN1CCCC(C)C1)N1CCN(S(=O)(=O)Cc2ccon2)CC1. The number of aromatic nitrogens is 1. The number of hydrogen-bond acceptors (Lipinski definition) is 6. The van der Waals surface area contributed by atoms with Crippen LogP contribution in [0.2, 0.25) is 0 Å². The maximum Gasteiger partial charge on any atom is 0.220 e. The highest BCUT2D eigenvalue weighted by molar-refractivity contribution is 7.88. The highest BCUT2D eigenvalue weighted by Gasteiger charge is 2.29. The second-order valence-electron chi connectivity index (χ2n) is 8.01. The van der Waals surface area contributed by atoms with Gasteiger partial charge in [0.1, 0.15) is 12.0 Å². The molecule has 2 aliphatic rings. The van der Waals surface area contributed by atoms with Gasteiger partial charge in [-0.2, -0.15) is 4.31 Å². The van der Waals surface area contributed by atoms with E-state index in [1.807, 2.05) is 0 Å². The first-order valence-electron chi connectivity index (χ1n) is 10.5. The van der Waals surface area contributed by atoms with Crippen LogP contribution in [0.15, 0.2) is 21.8 Å². The summed E-state index contributed by atoms with van der Waals surface area (Å²) in [6.07, 6.45) is 5.13. The highest BCUT2D eigenvalue weighted by Crippen LogP contribution is 2.15. The molecule has 3 rings (SSSR count). The van der Waals surface area contributed by atoms with Gasteiger partial charge in [0.05, 0.1) is 5.69 Å². The smallest absolute Gasteiger partial charge is 0.220 e. The standard InChI is InChI=1S/C19H34N6O3S/c1-17-5-3-8-23(15-17)9-4-7-21-19(20-2)24-10-12-25(13-11-24)29(26,27)16-18-6-14-28-22-18/h6,14,17H,3-5,7-13,15-16H2,1-2H3,(H,20,21). The fraction of sp³-hybridized carbons (Fsp3) is 0.789. The van der Waals surface area contributed by atoms with Crippen molar-refractivity contribution >= 4 is 16.0 Å². The lowest BCUT2D eigenvalue weighted by Crippen LogP contribution is -2.54. The number of nitrogens with zero attached hydrogens (tertiary/aromatic N) is 5. The molecule has 2 fully saturated rings. The van der Waals surface area contributed by atoms with E-state index in [9.17, 15) is 8.42 Å². The van der Waals surface area contributed by atoms with Gasteiger partial charge < -0.3 is 19.6 Å². The van der Waals surface area contributed by atoms with E-state index in [0.29, 0.717) is 31.9 Å². The number of aliphatic imine (C=N–C) groups is 1. The van der Waals surface area contributed by atoms with Gasteiger partial charge in [-0.05, 0) is 38.3 Å². The van der Waals surface area contributed by atoms with Crippen molar-refractivity contribution in [3.63, 3.8) is 0 Å². The quantitative estimate of drug-likeness (QED) is 0.392. The predicted octanol–water partition coefficient (Wildman–Crippen LogP) is 0.819. The summed E-state index contributed by atoms with van der Waals surface area (Å²) >= 11 is 0. The van der Waals surface area contributed by atoms with Crippen LogP contribution in [0, 0.1) is 5.92 Å². The largest absolute Gasteiger partial charge is 0.364 e. The van der Waals surface area contributed by atoms with Crippen molar-refractivity contribution < 1.29 is 12.9 Å². The van der Waals surface area contributed by atoms with E-state index in [4.69, 9.17) is 4.52 Å². The van der Waals surface area contributed by atoms with Gasteiger partial charge in [-0.15, -0.1) is 0 Å². The summed E-state index contributed by atoms with van der Waals surface area (Å²) < 4.78 is 31.4. The van der Waals surface area contributed by atoms with Gasteiger partial charge in [0, 0.05) is 52.4 Å². The summed E-state index contributed by atoms with van der Waals surface area (Å²) in [5.41, 5.74) is 0.438. The molecule has 0 aromatic carbocycles. The zero-order valence-corrected chi connectivity index (χ0v) is 18.4. The van der Waals surface area contributed by atoms with Crippen LogP contribution in [0.25, 0.3) is 0 Å². The monoisotopic (exact) mass is 426 g/mol. The van der Waals surface area contributed by atoms with Crippen molar-refractivity contribution in [1.29, 1.82) is 0 Å². The molecule has 29 heavy (non-hydrogen) atoms. The zero-order valence-electron chi connectivity index (χ0n) is 17.6. The molecule has 0 amide bonds. The number of likely N-dealkylation sites (tertiary alicyclic amines) is 1. The number of guanidine groups is 1. The number of sulfonamides is 1. The molecule has 0 aliphatic carbocycles. The molecule has 0 radical (unpaired) electrons. The fourth-order valence-corrected chi connectivity index (χ4v) is 5.52. The molecule has 1 N–H and O–H groups in total. The number of nitrogens with one attached hydrogen (secondary N) is 1. The molecule has 164 valence electrons. The van der Waals surface area contributed by atoms with Crippen LogP contribution in [0.4, 0.5) is 0 Å². The summed E-state index contributed by atoms with van der Waals surface area (Å²) in [4.78, 5) is 9.07. The molecule has 3 heterocycles. The van der Waals surface area contributed by atoms with Crippen LogP contribution >= 0.6 is 0 Å². The van der Waals surface area contributed by atoms with Gasteiger partial charge in [0.15, 0.2) is 5.96 Å². The topological polar surface area (TPSA) is 94.3 Å². The van der Waals surface area contributed by atoms with Crippen LogP contribution in [-0.2, 0) is 15.8 Å². The van der Waals surface area contributed by atoms with E-state index in [1.54, 1.807) is 13.1 Å². The Labute approximate surface area is 174 Å². The maximum absolute atomic E-state index is 12.6. The predicted molar refractivity (Wildman–Crippen MR) is 113 cm³/mol. The average molecular weight is 427 g/mol. The summed E-state index contributed by atoms with van der Waals surface area (Å²) in [6, 6.07) is 1.59. The Morgan fingerprint density at radius 2 is 2.10 bits per heavy atom. The Morgan fingerprint density at radius 1 is 1.31 bits per heavy atom. The van der Waals surface area contributed by atoms with Crippen molar-refractivity contribution in [3.05, 3.63) is 18.0 Å². The number of rotatable bonds is 7. The van der Waals surface area contributed by atoms with Gasteiger partial charge >= 0.3 is 0 Å². The number of piperidine rings is 1. The van der Waals surface area contributed by atoms with E-state index < -0.39 is 10.0 Å². The van der Waals surface area contributed by atoms with Crippen LogP contribution in [0.1, 0.15) is 31.9 Å². The molecule has 0 spiro atoms. The van der Waals surface area contributed by atoms with Gasteiger partial charge in [-0.25, -0.2) is 8.42 Å². The van der Waals surface area contributed by atoms with Crippen molar-refractivity contribution in [2.45, 2.75) is 31.9 Å². The second-order valence-corrected chi connectivity index (χ2v) is 9.98. The number of piperazine rings is 1. The summed E-state index contributed by atoms with van der Waals surface area (Å²) in [5.74, 6) is 1.54. The van der Waals surface area contributed by atoms with E-state index in [2.05, 4.69) is 32.2 Å². The first-order valence-corrected chi connectivity index (χ1v) is 12.1. The zero-order chi connectivity index (χ0) is 20.7. The third-order valence-electron chi connectivity index (χ3n) is 5.64. The third kappa shape index (κ3) is 6.42. The van der Waals surface area contributed by atoms with Crippen LogP contribution in [-0.4, -0.2) is 93.0 Å². The second kappa shape index (κ2) is 10.4. The average Bonchev–Trinajstić information content (AvgIpc) is 3.21. The first kappa shape index (κ1) is 22.0. The van der Waals surface area contributed by atoms with Crippen LogP contribution < -0.4 is 5.32 Å². The van der Waals surface area contributed by atoms with E-state index in [1.165, 1.54) is 36.5 Å². The first-order chi connectivity index (χ1) is 14.0. The van der Waals surface area contributed by atoms with E-state index >= 15 is 0 Å². The molecular formula is C19H34N6O3S. The molecular weight excluding hydrogens is 392 g/mol. The lowest BCUT2D eigenvalue weighted by Gasteiger charge is -2.36. The molecule has 2 saturated heterocycles. The lowest BCUT2D eigenvalue weighted by molar-refractivity contribution is 0.182. The minimum absolute atomic E-state index is 0.119. The van der Waals surface area contributed by atoms with Gasteiger partial charge in [0.2, 0.25) is 10.0 Å². The molecule has 0 bridgehead atoms. The Balaban J connectivity index is 1.39. The van der Waals surface area contributed by atoms with Gasteiger partial charge in [-0.3, -0.25) is 4.99 Å². The minimum atomic E-state index is -3.38. The molecule has 1 aromatic rings. The Bertz CT molecular complexity index is 744. The van der Waals surface area contributed by atoms with Crippen LogP contribution in [0.3, 0.4) is 0 Å². The molecule has 1 aromatic heterocycles. The van der Waals surface area contributed by atoms with E-state index in [0.717, 1.165) is 31.4 Å². The van der Waals surface area contributed by atoms with Gasteiger partial charge in [-0.1, -0.05) is 12.1 Å². The minimum Gasteiger partial charge on any atom is -0.364 e. The summed E-state index contributed by atoms with van der Waals surface area (Å²) in [6.45, 7) is 8.90. The van der Waals surface area contributed by atoms with Crippen molar-refractivity contribution in [2.24, 2.45) is 10.9 Å². The summed E-state index contributed by atoms with van der Waals surface area (Å²) in [7, 11) is -1.60. The molecule has 9 nitrogen and oxygen atoms in total. The Morgan fingerprint density at radius 3 is 2.76 bits per heavy atom. The third-order valence-corrected chi connectivity index (χ3v) is 7.45.